The topological polar surface area (TPSA) is 40.9 Å². The summed E-state index contributed by atoms with van der Waals surface area (Å²) in [6.45, 7) is 6.15. The molecule has 1 amide bonds. The second-order valence-corrected chi connectivity index (χ2v) is 7.73. The molecule has 0 bridgehead atoms. The molecule has 0 unspecified atom stereocenters. The quantitative estimate of drug-likeness (QED) is 0.620. The molecule has 2 aromatic heterocycles. The zero-order valence-electron chi connectivity index (χ0n) is 15.2. The lowest BCUT2D eigenvalue weighted by Gasteiger charge is -2.36. The van der Waals surface area contributed by atoms with Crippen LogP contribution in [0.15, 0.2) is 41.0 Å². The highest BCUT2D eigenvalue weighted by atomic mass is 79.9. The minimum atomic E-state index is -0.227. The molecule has 1 aromatic carbocycles. The first-order chi connectivity index (χ1) is 13.0. The summed E-state index contributed by atoms with van der Waals surface area (Å²) < 4.78 is 16.8. The van der Waals surface area contributed by atoms with Crippen LogP contribution < -0.4 is 4.90 Å². The molecule has 27 heavy (non-hydrogen) atoms. The molecular formula is C20H20BrFN4O. The van der Waals surface area contributed by atoms with Crippen molar-refractivity contribution in [2.75, 3.05) is 31.1 Å². The fourth-order valence-electron chi connectivity index (χ4n) is 3.65. The first-order valence-corrected chi connectivity index (χ1v) is 9.68. The molecule has 5 nitrogen and oxygen atoms in total. The number of piperazine rings is 1. The van der Waals surface area contributed by atoms with Gasteiger partial charge in [-0.3, -0.25) is 9.20 Å². The monoisotopic (exact) mass is 430 g/mol. The molecule has 0 spiro atoms. The Morgan fingerprint density at radius 2 is 1.85 bits per heavy atom. The molecule has 0 aliphatic carbocycles. The number of hydrogen-bond acceptors (Lipinski definition) is 3. The van der Waals surface area contributed by atoms with E-state index in [1.807, 2.05) is 46.4 Å². The average Bonchev–Trinajstić information content (AvgIpc) is 2.98. The third-order valence-electron chi connectivity index (χ3n) is 5.01. The van der Waals surface area contributed by atoms with Crippen LogP contribution in [0.25, 0.3) is 5.65 Å². The third kappa shape index (κ3) is 3.20. The van der Waals surface area contributed by atoms with Crippen LogP contribution in [-0.4, -0.2) is 46.4 Å². The summed E-state index contributed by atoms with van der Waals surface area (Å²) in [5, 5.41) is 0. The molecule has 0 N–H and O–H groups in total. The van der Waals surface area contributed by atoms with Crippen LogP contribution in [0.3, 0.4) is 0 Å². The number of aromatic nitrogens is 2. The van der Waals surface area contributed by atoms with Crippen molar-refractivity contribution in [1.82, 2.24) is 14.3 Å². The minimum Gasteiger partial charge on any atom is -0.366 e. The second-order valence-electron chi connectivity index (χ2n) is 6.81. The Balaban J connectivity index is 1.58. The zero-order valence-corrected chi connectivity index (χ0v) is 16.8. The smallest absolute Gasteiger partial charge is 0.272 e. The fraction of sp³-hybridized carbons (Fsp3) is 0.300. The number of pyridine rings is 1. The van der Waals surface area contributed by atoms with Gasteiger partial charge < -0.3 is 9.80 Å². The number of anilines is 1. The Kier molecular flexibility index (Phi) is 4.63. The van der Waals surface area contributed by atoms with Crippen molar-refractivity contribution in [1.29, 1.82) is 0 Å². The highest BCUT2D eigenvalue weighted by Gasteiger charge is 2.27. The molecule has 4 rings (SSSR count). The lowest BCUT2D eigenvalue weighted by Crippen LogP contribution is -2.49. The van der Waals surface area contributed by atoms with Gasteiger partial charge in [0, 0.05) is 36.8 Å². The molecule has 3 aromatic rings. The molecule has 140 valence electrons. The number of aryl methyl sites for hydroxylation is 2. The number of rotatable bonds is 2. The molecule has 7 heteroatoms. The normalized spacial score (nSPS) is 14.8. The highest BCUT2D eigenvalue weighted by Crippen LogP contribution is 2.24. The van der Waals surface area contributed by atoms with Gasteiger partial charge in [0.25, 0.3) is 5.91 Å². The lowest BCUT2D eigenvalue weighted by molar-refractivity contribution is 0.0739. The van der Waals surface area contributed by atoms with Gasteiger partial charge in [-0.2, -0.15) is 0 Å². The number of carbonyl (C=O) groups is 1. The minimum absolute atomic E-state index is 0.0364. The maximum Gasteiger partial charge on any atom is 0.272 e. The van der Waals surface area contributed by atoms with E-state index in [2.05, 4.69) is 20.9 Å². The Morgan fingerprint density at radius 1 is 1.15 bits per heavy atom. The van der Waals surface area contributed by atoms with Crippen LogP contribution in [0, 0.1) is 19.7 Å². The molecular weight excluding hydrogens is 411 g/mol. The number of carbonyl (C=O) groups excluding carboxylic acids is 1. The van der Waals surface area contributed by atoms with Crippen molar-refractivity contribution < 1.29 is 9.18 Å². The van der Waals surface area contributed by atoms with E-state index in [0.717, 1.165) is 21.4 Å². The average molecular weight is 431 g/mol. The Labute approximate surface area is 165 Å². The van der Waals surface area contributed by atoms with Gasteiger partial charge in [-0.05, 0) is 53.5 Å². The SMILES string of the molecule is Cc1nc2c(C)cc(Br)cn2c1C(=O)N1CCN(c2ccccc2F)CC1. The van der Waals surface area contributed by atoms with E-state index < -0.39 is 0 Å². The molecule has 1 aliphatic heterocycles. The number of benzene rings is 1. The van der Waals surface area contributed by atoms with Gasteiger partial charge in [-0.25, -0.2) is 9.37 Å². The predicted octanol–water partition coefficient (Wildman–Crippen LogP) is 3.82. The molecule has 1 aliphatic rings. The number of imidazole rings is 1. The summed E-state index contributed by atoms with van der Waals surface area (Å²) in [7, 11) is 0. The number of halogens is 2. The van der Waals surface area contributed by atoms with Crippen LogP contribution >= 0.6 is 15.9 Å². The summed E-state index contributed by atoms with van der Waals surface area (Å²) >= 11 is 3.50. The Hall–Kier alpha value is -2.41. The number of nitrogens with zero attached hydrogens (tertiary/aromatic N) is 4. The van der Waals surface area contributed by atoms with Gasteiger partial charge in [-0.1, -0.05) is 12.1 Å². The number of para-hydroxylation sites is 1. The molecule has 1 fully saturated rings. The van der Waals surface area contributed by atoms with Crippen LogP contribution in [0.4, 0.5) is 10.1 Å². The molecule has 0 radical (unpaired) electrons. The standard InChI is InChI=1S/C20H20BrFN4O/c1-13-11-15(21)12-26-18(14(2)23-19(13)26)20(27)25-9-7-24(8-10-25)17-6-4-3-5-16(17)22/h3-6,11-12H,7-10H2,1-2H3. The molecule has 0 saturated carbocycles. The fourth-order valence-corrected chi connectivity index (χ4v) is 4.20. The van der Waals surface area contributed by atoms with Crippen molar-refractivity contribution in [2.45, 2.75) is 13.8 Å². The van der Waals surface area contributed by atoms with Crippen LogP contribution in [0.1, 0.15) is 21.7 Å². The van der Waals surface area contributed by atoms with Crippen molar-refractivity contribution in [3.8, 4) is 0 Å². The van der Waals surface area contributed by atoms with Crippen molar-refractivity contribution >= 4 is 33.2 Å². The van der Waals surface area contributed by atoms with Crippen LogP contribution in [0.5, 0.6) is 0 Å². The number of amides is 1. The zero-order chi connectivity index (χ0) is 19.1. The van der Waals surface area contributed by atoms with Gasteiger partial charge in [0.1, 0.15) is 17.2 Å². The highest BCUT2D eigenvalue weighted by molar-refractivity contribution is 9.10. The van der Waals surface area contributed by atoms with Gasteiger partial charge in [0.05, 0.1) is 11.4 Å². The molecule has 3 heterocycles. The van der Waals surface area contributed by atoms with E-state index in [-0.39, 0.29) is 11.7 Å². The largest absolute Gasteiger partial charge is 0.366 e. The Bertz CT molecular complexity index is 1020. The molecule has 0 atom stereocenters. The van der Waals surface area contributed by atoms with Crippen LogP contribution in [0.2, 0.25) is 0 Å². The van der Waals surface area contributed by atoms with Crippen molar-refractivity contribution in [2.24, 2.45) is 0 Å². The predicted molar refractivity (Wildman–Crippen MR) is 107 cm³/mol. The van der Waals surface area contributed by atoms with E-state index in [0.29, 0.717) is 37.6 Å². The van der Waals surface area contributed by atoms with Crippen LogP contribution in [-0.2, 0) is 0 Å². The number of hydrogen-bond donors (Lipinski definition) is 0. The maximum absolute atomic E-state index is 14.0. The van der Waals surface area contributed by atoms with Gasteiger partial charge >= 0.3 is 0 Å². The van der Waals surface area contributed by atoms with E-state index in [1.165, 1.54) is 6.07 Å². The first kappa shape index (κ1) is 18.0. The van der Waals surface area contributed by atoms with E-state index >= 15 is 0 Å². The van der Waals surface area contributed by atoms with Gasteiger partial charge in [0.2, 0.25) is 0 Å². The third-order valence-corrected chi connectivity index (χ3v) is 5.44. The second kappa shape index (κ2) is 6.96. The summed E-state index contributed by atoms with van der Waals surface area (Å²) in [5.41, 5.74) is 3.71. The first-order valence-electron chi connectivity index (χ1n) is 8.89. The van der Waals surface area contributed by atoms with Gasteiger partial charge in [0.15, 0.2) is 0 Å². The van der Waals surface area contributed by atoms with E-state index in [4.69, 9.17) is 0 Å². The summed E-state index contributed by atoms with van der Waals surface area (Å²) in [6, 6.07) is 8.75. The van der Waals surface area contributed by atoms with Crippen molar-refractivity contribution in [3.05, 3.63) is 63.8 Å². The van der Waals surface area contributed by atoms with E-state index in [1.54, 1.807) is 12.1 Å². The maximum atomic E-state index is 14.0. The summed E-state index contributed by atoms with van der Waals surface area (Å²) in [6.07, 6.45) is 1.88. The Morgan fingerprint density at radius 3 is 2.56 bits per heavy atom. The van der Waals surface area contributed by atoms with E-state index in [9.17, 15) is 9.18 Å². The number of fused-ring (bicyclic) bond motifs is 1. The molecule has 1 saturated heterocycles. The lowest BCUT2D eigenvalue weighted by atomic mass is 10.2. The van der Waals surface area contributed by atoms with Crippen molar-refractivity contribution in [3.63, 3.8) is 0 Å². The van der Waals surface area contributed by atoms with Gasteiger partial charge in [-0.15, -0.1) is 0 Å². The summed E-state index contributed by atoms with van der Waals surface area (Å²) in [4.78, 5) is 21.6. The summed E-state index contributed by atoms with van der Waals surface area (Å²) in [5.74, 6) is -0.263.